The van der Waals surface area contributed by atoms with Crippen LogP contribution in [0.4, 0.5) is 43.7 Å². The van der Waals surface area contributed by atoms with E-state index >= 15 is 4.39 Å². The number of carbonyl (C=O) groups is 2. The summed E-state index contributed by atoms with van der Waals surface area (Å²) in [5.74, 6) is 0.226. The molecular weight excluding hydrogens is 674 g/mol. The van der Waals surface area contributed by atoms with Gasteiger partial charge in [-0.05, 0) is 82.3 Å². The van der Waals surface area contributed by atoms with Crippen molar-refractivity contribution in [2.24, 2.45) is 0 Å². The second-order valence-corrected chi connectivity index (χ2v) is 15.4. The van der Waals surface area contributed by atoms with E-state index in [-0.39, 0.29) is 29.6 Å². The van der Waals surface area contributed by atoms with Crippen LogP contribution in [-0.4, -0.2) is 73.5 Å². The van der Waals surface area contributed by atoms with Crippen molar-refractivity contribution in [2.75, 3.05) is 53.2 Å². The summed E-state index contributed by atoms with van der Waals surface area (Å²) in [5.41, 5.74) is 3.62. The Morgan fingerprint density at radius 2 is 1.61 bits per heavy atom. The van der Waals surface area contributed by atoms with Gasteiger partial charge in [0.05, 0.1) is 4.90 Å². The minimum absolute atomic E-state index is 0.153. The van der Waals surface area contributed by atoms with E-state index in [2.05, 4.69) is 40.4 Å². The zero-order chi connectivity index (χ0) is 36.3. The molecule has 0 atom stereocenters. The minimum Gasteiger partial charge on any atom is -0.369 e. The second kappa shape index (κ2) is 14.6. The van der Waals surface area contributed by atoms with E-state index < -0.39 is 21.6 Å². The van der Waals surface area contributed by atoms with Gasteiger partial charge in [0.25, 0.3) is 0 Å². The van der Waals surface area contributed by atoms with Crippen molar-refractivity contribution in [1.29, 1.82) is 0 Å². The fraction of sp³-hybridized carbons (Fsp3) is 0.333. The van der Waals surface area contributed by atoms with Crippen LogP contribution in [0.5, 0.6) is 0 Å². The van der Waals surface area contributed by atoms with Crippen LogP contribution in [-0.2, 0) is 21.4 Å². The van der Waals surface area contributed by atoms with Crippen molar-refractivity contribution in [2.45, 2.75) is 51.1 Å². The molecule has 2 saturated heterocycles. The number of anilines is 6. The predicted molar refractivity (Wildman–Crippen MR) is 196 cm³/mol. The van der Waals surface area contributed by atoms with Crippen LogP contribution in [0.2, 0.25) is 0 Å². The SMILES string of the molecule is Cc1cnc(Nc2ccc(N3CCN(Cc4ccc(N5CCC(=O)NC5=O)cc4F)CC3)cc2)nc1Nc1cccc(S(=O)(=O)NC(C)(C)C)c1. The molecule has 4 aromatic rings. The summed E-state index contributed by atoms with van der Waals surface area (Å²) in [7, 11) is -3.70. The molecule has 0 saturated carbocycles. The first kappa shape index (κ1) is 35.7. The Labute approximate surface area is 297 Å². The molecule has 3 amide bonds. The first-order chi connectivity index (χ1) is 24.2. The Morgan fingerprint density at radius 3 is 2.29 bits per heavy atom. The van der Waals surface area contributed by atoms with Gasteiger partial charge < -0.3 is 15.5 Å². The number of hydrogen-bond donors (Lipinski definition) is 4. The van der Waals surface area contributed by atoms with Gasteiger partial charge in [0.2, 0.25) is 21.9 Å². The highest BCUT2D eigenvalue weighted by molar-refractivity contribution is 7.89. The molecule has 51 heavy (non-hydrogen) atoms. The molecule has 2 aliphatic heterocycles. The van der Waals surface area contributed by atoms with Gasteiger partial charge in [0.1, 0.15) is 11.6 Å². The van der Waals surface area contributed by atoms with Crippen molar-refractivity contribution in [3.63, 3.8) is 0 Å². The Balaban J connectivity index is 1.03. The molecule has 3 heterocycles. The van der Waals surface area contributed by atoms with E-state index in [1.807, 2.05) is 31.2 Å². The number of sulfonamides is 1. The van der Waals surface area contributed by atoms with Crippen molar-refractivity contribution >= 4 is 56.5 Å². The Morgan fingerprint density at radius 1 is 0.882 bits per heavy atom. The third kappa shape index (κ3) is 8.98. The first-order valence-electron chi connectivity index (χ1n) is 16.7. The highest BCUT2D eigenvalue weighted by Gasteiger charge is 2.26. The van der Waals surface area contributed by atoms with E-state index in [4.69, 9.17) is 0 Å². The largest absolute Gasteiger partial charge is 0.369 e. The van der Waals surface area contributed by atoms with Gasteiger partial charge in [0, 0.05) is 91.3 Å². The van der Waals surface area contributed by atoms with Gasteiger partial charge in [-0.1, -0.05) is 12.1 Å². The number of piperazine rings is 1. The maximum Gasteiger partial charge on any atom is 0.328 e. The molecule has 6 rings (SSSR count). The van der Waals surface area contributed by atoms with E-state index in [1.54, 1.807) is 63.4 Å². The van der Waals surface area contributed by atoms with Crippen LogP contribution >= 0.6 is 0 Å². The molecule has 13 nitrogen and oxygen atoms in total. The molecule has 4 N–H and O–H groups in total. The quantitative estimate of drug-likeness (QED) is 0.171. The molecule has 0 spiro atoms. The molecule has 2 fully saturated rings. The van der Waals surface area contributed by atoms with E-state index in [1.165, 1.54) is 11.0 Å². The molecule has 268 valence electrons. The normalized spacial score (nSPS) is 15.9. The number of nitrogens with one attached hydrogen (secondary N) is 4. The highest BCUT2D eigenvalue weighted by Crippen LogP contribution is 2.26. The Bertz CT molecular complexity index is 2030. The standard InChI is InChI=1S/C36H42FN9O4S/c1-24-22-38-34(42-33(24)39-27-6-5-7-30(20-27)51(49,50)43-36(2,3)4)40-26-9-12-28(13-10-26)45-18-16-44(17-19-45)23-25-8-11-29(21-31(25)37)46-15-14-32(47)41-35(46)48/h5-13,20-22,43H,14-19,23H2,1-4H3,(H,41,47,48)(H2,38,39,40,42). The molecule has 0 bridgehead atoms. The summed E-state index contributed by atoms with van der Waals surface area (Å²) in [5, 5.41) is 8.74. The summed E-state index contributed by atoms with van der Waals surface area (Å²) >= 11 is 0. The molecule has 0 unspecified atom stereocenters. The lowest BCUT2D eigenvalue weighted by Crippen LogP contribution is -2.49. The molecule has 0 radical (unpaired) electrons. The number of benzene rings is 3. The number of rotatable bonds is 10. The van der Waals surface area contributed by atoms with Crippen LogP contribution in [0.15, 0.2) is 77.8 Å². The van der Waals surface area contributed by atoms with Gasteiger partial charge in [-0.2, -0.15) is 4.98 Å². The van der Waals surface area contributed by atoms with Gasteiger partial charge in [-0.15, -0.1) is 0 Å². The van der Waals surface area contributed by atoms with Gasteiger partial charge >= 0.3 is 6.03 Å². The molecule has 1 aromatic heterocycles. The number of urea groups is 1. The Hall–Kier alpha value is -5.12. The van der Waals surface area contributed by atoms with E-state index in [0.29, 0.717) is 35.2 Å². The van der Waals surface area contributed by atoms with Crippen molar-refractivity contribution in [1.82, 2.24) is 24.9 Å². The molecule has 15 heteroatoms. The maximum absolute atomic E-state index is 15.0. The topological polar surface area (TPSA) is 152 Å². The van der Waals surface area contributed by atoms with Crippen LogP contribution in [0.3, 0.4) is 0 Å². The van der Waals surface area contributed by atoms with Crippen molar-refractivity contribution in [3.05, 3.63) is 89.9 Å². The predicted octanol–water partition coefficient (Wildman–Crippen LogP) is 5.26. The summed E-state index contributed by atoms with van der Waals surface area (Å²) in [6.07, 6.45) is 1.88. The fourth-order valence-corrected chi connectivity index (χ4v) is 7.37. The number of aromatic nitrogens is 2. The molecule has 0 aliphatic carbocycles. The number of halogens is 1. The van der Waals surface area contributed by atoms with E-state index in [0.717, 1.165) is 43.1 Å². The summed E-state index contributed by atoms with van der Waals surface area (Å²) in [6, 6.07) is 18.8. The highest BCUT2D eigenvalue weighted by atomic mass is 32.2. The fourth-order valence-electron chi connectivity index (χ4n) is 5.90. The van der Waals surface area contributed by atoms with E-state index in [9.17, 15) is 18.0 Å². The smallest absolute Gasteiger partial charge is 0.328 e. The van der Waals surface area contributed by atoms with Crippen molar-refractivity contribution in [3.8, 4) is 0 Å². The molecule has 3 aromatic carbocycles. The minimum atomic E-state index is -3.70. The van der Waals surface area contributed by atoms with Gasteiger partial charge in [0.15, 0.2) is 0 Å². The van der Waals surface area contributed by atoms with Crippen molar-refractivity contribution < 1.29 is 22.4 Å². The molecular formula is C36H42FN9O4S. The van der Waals surface area contributed by atoms with Gasteiger partial charge in [-0.3, -0.25) is 19.9 Å². The van der Waals surface area contributed by atoms with Crippen LogP contribution < -0.4 is 30.5 Å². The third-order valence-corrected chi connectivity index (χ3v) is 10.2. The summed E-state index contributed by atoms with van der Waals surface area (Å²) < 4.78 is 43.4. The van der Waals surface area contributed by atoms with Crippen LogP contribution in [0, 0.1) is 12.7 Å². The van der Waals surface area contributed by atoms with Crippen LogP contribution in [0.1, 0.15) is 38.3 Å². The summed E-state index contributed by atoms with van der Waals surface area (Å²) in [6.45, 7) is 11.0. The lowest BCUT2D eigenvalue weighted by Gasteiger charge is -2.36. The number of aryl methyl sites for hydroxylation is 1. The Kier molecular flexibility index (Phi) is 10.2. The molecule has 2 aliphatic rings. The lowest BCUT2D eigenvalue weighted by atomic mass is 10.1. The number of carbonyl (C=O) groups excluding carboxylic acids is 2. The average molecular weight is 716 g/mol. The number of nitrogens with zero attached hydrogens (tertiary/aromatic N) is 5. The zero-order valence-electron chi connectivity index (χ0n) is 29.0. The number of imide groups is 1. The first-order valence-corrected chi connectivity index (χ1v) is 18.2. The lowest BCUT2D eigenvalue weighted by molar-refractivity contribution is -0.120. The van der Waals surface area contributed by atoms with Gasteiger partial charge in [-0.25, -0.2) is 27.3 Å². The zero-order valence-corrected chi connectivity index (χ0v) is 29.8. The summed E-state index contributed by atoms with van der Waals surface area (Å²) in [4.78, 5) is 38.7. The number of hydrogen-bond acceptors (Lipinski definition) is 10. The second-order valence-electron chi connectivity index (χ2n) is 13.7. The van der Waals surface area contributed by atoms with Crippen LogP contribution in [0.25, 0.3) is 0 Å². The average Bonchev–Trinajstić information content (AvgIpc) is 3.07. The monoisotopic (exact) mass is 715 g/mol. The number of amides is 3. The maximum atomic E-state index is 15.0. The third-order valence-electron chi connectivity index (χ3n) is 8.48.